The molecule has 1 aromatic heterocycles. The minimum atomic E-state index is -0.371. The van der Waals surface area contributed by atoms with E-state index in [1.54, 1.807) is 14.0 Å². The van der Waals surface area contributed by atoms with Crippen LogP contribution in [0.1, 0.15) is 34.6 Å². The molecule has 3 rings (SSSR count). The van der Waals surface area contributed by atoms with Crippen LogP contribution in [0.25, 0.3) is 0 Å². The van der Waals surface area contributed by atoms with Crippen molar-refractivity contribution in [3.63, 3.8) is 0 Å². The molecule has 6 nitrogen and oxygen atoms in total. The number of imidazole rings is 1. The molecule has 110 valence electrons. The lowest BCUT2D eigenvalue weighted by Gasteiger charge is -2.18. The van der Waals surface area contributed by atoms with Gasteiger partial charge in [0.15, 0.2) is 0 Å². The monoisotopic (exact) mass is 287 g/mol. The Hall–Kier alpha value is -2.50. The van der Waals surface area contributed by atoms with Crippen LogP contribution in [0.5, 0.6) is 5.75 Å². The molecule has 1 aliphatic rings. The minimum absolute atomic E-state index is 0.272. The van der Waals surface area contributed by atoms with Gasteiger partial charge < -0.3 is 20.0 Å². The van der Waals surface area contributed by atoms with Gasteiger partial charge in [-0.1, -0.05) is 12.1 Å². The predicted molar refractivity (Wildman–Crippen MR) is 77.5 cm³/mol. The SMILES string of the molecule is COc1cccc(C2(NC(=O)c3[nH]c(=O)[nH]c3C)CC2)c1. The van der Waals surface area contributed by atoms with Crippen LogP contribution in [0.2, 0.25) is 0 Å². The second-order valence-electron chi connectivity index (χ2n) is 5.35. The van der Waals surface area contributed by atoms with Gasteiger partial charge in [0.1, 0.15) is 11.4 Å². The van der Waals surface area contributed by atoms with E-state index in [0.29, 0.717) is 5.69 Å². The molecule has 0 aliphatic heterocycles. The van der Waals surface area contributed by atoms with Gasteiger partial charge in [0.25, 0.3) is 5.91 Å². The van der Waals surface area contributed by atoms with E-state index in [4.69, 9.17) is 4.74 Å². The smallest absolute Gasteiger partial charge is 0.323 e. The zero-order chi connectivity index (χ0) is 15.0. The van der Waals surface area contributed by atoms with Gasteiger partial charge in [-0.2, -0.15) is 0 Å². The van der Waals surface area contributed by atoms with Crippen molar-refractivity contribution in [1.29, 1.82) is 0 Å². The second-order valence-corrected chi connectivity index (χ2v) is 5.35. The molecule has 0 unspecified atom stereocenters. The maximum Gasteiger partial charge on any atom is 0.323 e. The molecule has 1 saturated carbocycles. The molecule has 1 heterocycles. The highest BCUT2D eigenvalue weighted by Crippen LogP contribution is 2.46. The number of hydrogen-bond acceptors (Lipinski definition) is 3. The number of amides is 1. The summed E-state index contributed by atoms with van der Waals surface area (Å²) in [5, 5.41) is 3.02. The molecule has 0 bridgehead atoms. The number of methoxy groups -OCH3 is 1. The van der Waals surface area contributed by atoms with E-state index < -0.39 is 0 Å². The number of rotatable bonds is 4. The molecule has 0 atom stereocenters. The predicted octanol–water partition coefficient (Wildman–Crippen LogP) is 1.44. The summed E-state index contributed by atoms with van der Waals surface area (Å²) in [6, 6.07) is 7.68. The number of nitrogens with one attached hydrogen (secondary N) is 3. The van der Waals surface area contributed by atoms with Gasteiger partial charge in [0.2, 0.25) is 0 Å². The Balaban J connectivity index is 1.85. The Labute approximate surface area is 121 Å². The van der Waals surface area contributed by atoms with Crippen molar-refractivity contribution in [3.8, 4) is 5.75 Å². The first-order valence-electron chi connectivity index (χ1n) is 6.80. The van der Waals surface area contributed by atoms with Crippen molar-refractivity contribution in [1.82, 2.24) is 15.3 Å². The standard InChI is InChI=1S/C15H17N3O3/c1-9-12(17-14(20)16-9)13(19)18-15(6-7-15)10-4-3-5-11(8-10)21-2/h3-5,8H,6-7H2,1-2H3,(H,18,19)(H2,16,17,20). The summed E-state index contributed by atoms with van der Waals surface area (Å²) < 4.78 is 5.22. The number of carbonyl (C=O) groups excluding carboxylic acids is 1. The molecule has 0 saturated heterocycles. The Morgan fingerprint density at radius 2 is 2.10 bits per heavy atom. The number of aromatic nitrogens is 2. The van der Waals surface area contributed by atoms with Crippen LogP contribution in [-0.4, -0.2) is 23.0 Å². The fourth-order valence-electron chi connectivity index (χ4n) is 2.51. The summed E-state index contributed by atoms with van der Waals surface area (Å²) in [5.41, 5.74) is 1.12. The third kappa shape index (κ3) is 2.44. The van der Waals surface area contributed by atoms with Gasteiger partial charge in [-0.25, -0.2) is 4.79 Å². The van der Waals surface area contributed by atoms with Crippen molar-refractivity contribution in [2.75, 3.05) is 7.11 Å². The number of benzene rings is 1. The van der Waals surface area contributed by atoms with Gasteiger partial charge >= 0.3 is 5.69 Å². The van der Waals surface area contributed by atoms with E-state index in [1.807, 2.05) is 24.3 Å². The van der Waals surface area contributed by atoms with Crippen LogP contribution in [0.4, 0.5) is 0 Å². The Bertz CT molecular complexity index is 741. The molecule has 6 heteroatoms. The van der Waals surface area contributed by atoms with E-state index in [-0.39, 0.29) is 22.8 Å². The minimum Gasteiger partial charge on any atom is -0.497 e. The summed E-state index contributed by atoms with van der Waals surface area (Å²) in [7, 11) is 1.62. The number of carbonyl (C=O) groups is 1. The maximum atomic E-state index is 12.3. The lowest BCUT2D eigenvalue weighted by atomic mass is 10.0. The molecule has 0 spiro atoms. The zero-order valence-electron chi connectivity index (χ0n) is 11.9. The van der Waals surface area contributed by atoms with E-state index in [1.165, 1.54) is 0 Å². The molecule has 1 aliphatic carbocycles. The number of hydrogen-bond donors (Lipinski definition) is 3. The van der Waals surface area contributed by atoms with Gasteiger partial charge in [-0.15, -0.1) is 0 Å². The molecule has 0 radical (unpaired) electrons. The highest BCUT2D eigenvalue weighted by molar-refractivity contribution is 5.94. The van der Waals surface area contributed by atoms with Crippen LogP contribution in [-0.2, 0) is 5.54 Å². The van der Waals surface area contributed by atoms with Crippen LogP contribution in [0.15, 0.2) is 29.1 Å². The molecule has 3 N–H and O–H groups in total. The van der Waals surface area contributed by atoms with Gasteiger partial charge in [0, 0.05) is 5.69 Å². The average Bonchev–Trinajstić information content (AvgIpc) is 3.17. The van der Waals surface area contributed by atoms with Crippen molar-refractivity contribution < 1.29 is 9.53 Å². The van der Waals surface area contributed by atoms with Crippen molar-refractivity contribution >= 4 is 5.91 Å². The molecular formula is C15H17N3O3. The van der Waals surface area contributed by atoms with Gasteiger partial charge in [-0.3, -0.25) is 4.79 Å². The third-order valence-corrected chi connectivity index (χ3v) is 3.87. The normalized spacial score (nSPS) is 15.5. The van der Waals surface area contributed by atoms with E-state index >= 15 is 0 Å². The topological polar surface area (TPSA) is 87.0 Å². The van der Waals surface area contributed by atoms with Gasteiger partial charge in [0.05, 0.1) is 12.6 Å². The number of ether oxygens (including phenoxy) is 1. The van der Waals surface area contributed by atoms with Crippen molar-refractivity contribution in [3.05, 3.63) is 51.7 Å². The summed E-state index contributed by atoms with van der Waals surface area (Å²) in [6.45, 7) is 1.69. The van der Waals surface area contributed by atoms with Crippen LogP contribution < -0.4 is 15.7 Å². The first-order valence-corrected chi connectivity index (χ1v) is 6.80. The highest BCUT2D eigenvalue weighted by Gasteiger charge is 2.46. The quantitative estimate of drug-likeness (QED) is 0.795. The second kappa shape index (κ2) is 4.80. The first-order chi connectivity index (χ1) is 10.0. The fraction of sp³-hybridized carbons (Fsp3) is 0.333. The fourth-order valence-corrected chi connectivity index (χ4v) is 2.51. The van der Waals surface area contributed by atoms with E-state index in [9.17, 15) is 9.59 Å². The molecule has 1 fully saturated rings. The van der Waals surface area contributed by atoms with Crippen molar-refractivity contribution in [2.24, 2.45) is 0 Å². The lowest BCUT2D eigenvalue weighted by molar-refractivity contribution is 0.0925. The number of aryl methyl sites for hydroxylation is 1. The van der Waals surface area contributed by atoms with Crippen LogP contribution in [0, 0.1) is 6.92 Å². The Morgan fingerprint density at radius 3 is 2.67 bits per heavy atom. The van der Waals surface area contributed by atoms with Crippen LogP contribution in [0.3, 0.4) is 0 Å². The molecule has 2 aromatic rings. The first kappa shape index (κ1) is 13.5. The molecular weight excluding hydrogens is 270 g/mol. The molecule has 1 aromatic carbocycles. The average molecular weight is 287 g/mol. The number of aromatic amines is 2. The third-order valence-electron chi connectivity index (χ3n) is 3.87. The highest BCUT2D eigenvalue weighted by atomic mass is 16.5. The van der Waals surface area contributed by atoms with E-state index in [0.717, 1.165) is 24.2 Å². The zero-order valence-corrected chi connectivity index (χ0v) is 11.9. The van der Waals surface area contributed by atoms with E-state index in [2.05, 4.69) is 15.3 Å². The number of H-pyrrole nitrogens is 2. The molecule has 1 amide bonds. The lowest BCUT2D eigenvalue weighted by Crippen LogP contribution is -2.35. The summed E-state index contributed by atoms with van der Waals surface area (Å²) in [6.07, 6.45) is 1.75. The summed E-state index contributed by atoms with van der Waals surface area (Å²) in [4.78, 5) is 28.7. The van der Waals surface area contributed by atoms with Crippen LogP contribution >= 0.6 is 0 Å². The summed E-state index contributed by atoms with van der Waals surface area (Å²) >= 11 is 0. The summed E-state index contributed by atoms with van der Waals surface area (Å²) in [5.74, 6) is 0.491. The largest absolute Gasteiger partial charge is 0.497 e. The van der Waals surface area contributed by atoms with Crippen molar-refractivity contribution in [2.45, 2.75) is 25.3 Å². The Kier molecular flexibility index (Phi) is 3.08. The van der Waals surface area contributed by atoms with Gasteiger partial charge in [-0.05, 0) is 37.5 Å². The Morgan fingerprint density at radius 1 is 1.33 bits per heavy atom. The molecule has 21 heavy (non-hydrogen) atoms. The maximum absolute atomic E-state index is 12.3.